The van der Waals surface area contributed by atoms with Crippen LogP contribution in [-0.4, -0.2) is 29.1 Å². The number of fused-ring (bicyclic) bond motifs is 2. The predicted molar refractivity (Wildman–Crippen MR) is 173 cm³/mol. The summed E-state index contributed by atoms with van der Waals surface area (Å²) in [4.78, 5) is 18.6. The van der Waals surface area contributed by atoms with E-state index in [0.29, 0.717) is 6.42 Å². The van der Waals surface area contributed by atoms with Gasteiger partial charge in [0.2, 0.25) is 0 Å². The fraction of sp³-hybridized carbons (Fsp3) is 0.278. The number of rotatable bonds is 4. The van der Waals surface area contributed by atoms with Crippen molar-refractivity contribution in [3.05, 3.63) is 94.3 Å². The van der Waals surface area contributed by atoms with Crippen LogP contribution in [0.1, 0.15) is 46.2 Å². The Kier molecular flexibility index (Phi) is 7.23. The van der Waals surface area contributed by atoms with Crippen molar-refractivity contribution >= 4 is 22.1 Å². The lowest BCUT2D eigenvalue weighted by Gasteiger charge is -2.10. The van der Waals surface area contributed by atoms with Crippen molar-refractivity contribution in [2.45, 2.75) is 52.4 Å². The summed E-state index contributed by atoms with van der Waals surface area (Å²) in [6.45, 7) is 8.19. The molecule has 1 saturated carbocycles. The molecular weight excluding hydrogens is 544 g/mol. The van der Waals surface area contributed by atoms with Gasteiger partial charge in [-0.05, 0) is 98.2 Å². The lowest BCUT2D eigenvalue weighted by atomic mass is 9.97. The van der Waals surface area contributed by atoms with Gasteiger partial charge >= 0.3 is 0 Å². The van der Waals surface area contributed by atoms with E-state index in [9.17, 15) is 5.26 Å². The van der Waals surface area contributed by atoms with Gasteiger partial charge in [0, 0.05) is 26.5 Å². The second kappa shape index (κ2) is 11.1. The molecule has 1 fully saturated rings. The van der Waals surface area contributed by atoms with Gasteiger partial charge in [-0.3, -0.25) is 9.97 Å². The molecule has 8 nitrogen and oxygen atoms in total. The highest BCUT2D eigenvalue weighted by Crippen LogP contribution is 2.47. The predicted octanol–water partition coefficient (Wildman–Crippen LogP) is 7.13. The maximum atomic E-state index is 9.36. The molecule has 0 spiro atoms. The van der Waals surface area contributed by atoms with Crippen LogP contribution in [0.15, 0.2) is 60.9 Å². The van der Waals surface area contributed by atoms with Crippen molar-refractivity contribution in [3.63, 3.8) is 0 Å². The summed E-state index contributed by atoms with van der Waals surface area (Å²) in [6, 6.07) is 21.2. The molecule has 1 aliphatic carbocycles. The molecule has 44 heavy (non-hydrogen) atoms. The van der Waals surface area contributed by atoms with Crippen molar-refractivity contribution in [1.82, 2.24) is 29.1 Å². The average Bonchev–Trinajstić information content (AvgIpc) is 3.66. The maximum absolute atomic E-state index is 9.36. The number of nitrogens with zero attached hydrogens (tertiary/aromatic N) is 8. The van der Waals surface area contributed by atoms with Crippen molar-refractivity contribution in [3.8, 4) is 35.2 Å². The highest BCUT2D eigenvalue weighted by atomic mass is 15.1. The number of benzene rings is 2. The van der Waals surface area contributed by atoms with E-state index < -0.39 is 0 Å². The minimum Gasteiger partial charge on any atom is -0.326 e. The van der Waals surface area contributed by atoms with Crippen molar-refractivity contribution in [1.29, 1.82) is 10.5 Å². The first-order valence-electron chi connectivity index (χ1n) is 14.7. The molecular formula is C36H34N8. The molecule has 8 heteroatoms. The van der Waals surface area contributed by atoms with Gasteiger partial charge < -0.3 is 9.13 Å². The van der Waals surface area contributed by atoms with Gasteiger partial charge in [-0.2, -0.15) is 10.5 Å². The molecule has 0 saturated heterocycles. The number of aryl methyl sites for hydroxylation is 6. The van der Waals surface area contributed by atoms with E-state index in [2.05, 4.69) is 87.6 Å². The summed E-state index contributed by atoms with van der Waals surface area (Å²) in [7, 11) is 4.02. The SMILES string of the molecule is Cc1ccc2c(c1)nc(-c1ncc(C3(C#N)CC3)cc1C)n2C.Cc1ccc2c(c1)nc(-c1ncc(CC#N)cc1C)n2C. The van der Waals surface area contributed by atoms with E-state index in [0.717, 1.165) is 80.2 Å². The first kappa shape index (κ1) is 28.8. The van der Waals surface area contributed by atoms with Crippen LogP contribution in [0.4, 0.5) is 0 Å². The summed E-state index contributed by atoms with van der Waals surface area (Å²) < 4.78 is 4.15. The molecule has 1 aliphatic rings. The lowest BCUT2D eigenvalue weighted by molar-refractivity contribution is 0.888. The fourth-order valence-corrected chi connectivity index (χ4v) is 5.76. The van der Waals surface area contributed by atoms with E-state index >= 15 is 0 Å². The van der Waals surface area contributed by atoms with E-state index in [-0.39, 0.29) is 5.41 Å². The Morgan fingerprint density at radius 1 is 0.727 bits per heavy atom. The van der Waals surface area contributed by atoms with Gasteiger partial charge in [-0.1, -0.05) is 24.3 Å². The lowest BCUT2D eigenvalue weighted by Crippen LogP contribution is -2.05. The van der Waals surface area contributed by atoms with E-state index in [1.165, 1.54) is 11.1 Å². The molecule has 0 aliphatic heterocycles. The Labute approximate surface area is 257 Å². The van der Waals surface area contributed by atoms with Crippen LogP contribution >= 0.6 is 0 Å². The Morgan fingerprint density at radius 3 is 1.70 bits per heavy atom. The maximum Gasteiger partial charge on any atom is 0.159 e. The normalized spacial score (nSPS) is 13.3. The van der Waals surface area contributed by atoms with Gasteiger partial charge in [0.1, 0.15) is 11.4 Å². The van der Waals surface area contributed by atoms with Crippen LogP contribution in [0, 0.1) is 50.4 Å². The van der Waals surface area contributed by atoms with Gasteiger partial charge in [0.05, 0.1) is 46.0 Å². The first-order valence-corrected chi connectivity index (χ1v) is 14.7. The molecule has 4 heterocycles. The topological polar surface area (TPSA) is 109 Å². The summed E-state index contributed by atoms with van der Waals surface area (Å²) in [5.74, 6) is 1.73. The third-order valence-corrected chi connectivity index (χ3v) is 8.51. The van der Waals surface area contributed by atoms with E-state index in [1.54, 1.807) is 6.20 Å². The second-order valence-corrected chi connectivity index (χ2v) is 11.9. The molecule has 0 N–H and O–H groups in total. The minimum absolute atomic E-state index is 0.292. The Bertz CT molecular complexity index is 2150. The van der Waals surface area contributed by atoms with E-state index in [1.807, 2.05) is 40.2 Å². The molecule has 0 radical (unpaired) electrons. The number of imidazole rings is 2. The zero-order valence-corrected chi connectivity index (χ0v) is 26.0. The molecule has 6 aromatic rings. The molecule has 218 valence electrons. The monoisotopic (exact) mass is 578 g/mol. The number of pyridine rings is 2. The largest absolute Gasteiger partial charge is 0.326 e. The number of hydrogen-bond donors (Lipinski definition) is 0. The second-order valence-electron chi connectivity index (χ2n) is 11.9. The van der Waals surface area contributed by atoms with Gasteiger partial charge in [-0.15, -0.1) is 0 Å². The minimum atomic E-state index is -0.292. The third-order valence-electron chi connectivity index (χ3n) is 8.51. The summed E-state index contributed by atoms with van der Waals surface area (Å²) in [5, 5.41) is 18.1. The average molecular weight is 579 g/mol. The van der Waals surface area contributed by atoms with Crippen LogP contribution in [0.25, 0.3) is 45.1 Å². The molecule has 0 atom stereocenters. The number of hydrogen-bond acceptors (Lipinski definition) is 6. The van der Waals surface area contributed by atoms with Crippen molar-refractivity contribution in [2.24, 2.45) is 14.1 Å². The van der Waals surface area contributed by atoms with Crippen LogP contribution in [-0.2, 0) is 25.9 Å². The quantitative estimate of drug-likeness (QED) is 0.220. The van der Waals surface area contributed by atoms with Crippen LogP contribution < -0.4 is 0 Å². The smallest absolute Gasteiger partial charge is 0.159 e. The fourth-order valence-electron chi connectivity index (χ4n) is 5.76. The molecule has 0 amide bonds. The summed E-state index contributed by atoms with van der Waals surface area (Å²) in [5.41, 5.74) is 12.1. The van der Waals surface area contributed by atoms with Gasteiger partial charge in [0.15, 0.2) is 11.6 Å². The highest BCUT2D eigenvalue weighted by Gasteiger charge is 2.45. The zero-order chi connectivity index (χ0) is 31.2. The Hall–Kier alpha value is -5.34. The number of aromatic nitrogens is 6. The Morgan fingerprint density at radius 2 is 1.25 bits per heavy atom. The standard InChI is InChI=1S/C19H18N4.C17H16N4/c1-12-4-5-16-15(8-12)22-18(23(16)3)17-13(2)9-14(10-21-17)19(11-20)6-7-19;1-11-4-5-15-14(8-11)20-17(21(15)3)16-12(2)9-13(6-7-18)10-19-16/h4-5,8-10H,6-7H2,1-3H3;4-5,8-10H,6H2,1-3H3. The molecule has 2 aromatic carbocycles. The van der Waals surface area contributed by atoms with E-state index in [4.69, 9.17) is 15.2 Å². The first-order chi connectivity index (χ1) is 21.1. The zero-order valence-electron chi connectivity index (χ0n) is 26.0. The van der Waals surface area contributed by atoms with Crippen LogP contribution in [0.2, 0.25) is 0 Å². The Balaban J connectivity index is 0.000000157. The third kappa shape index (κ3) is 5.09. The molecule has 0 bridgehead atoms. The molecule has 7 rings (SSSR count). The van der Waals surface area contributed by atoms with Crippen molar-refractivity contribution < 1.29 is 0 Å². The van der Waals surface area contributed by atoms with Crippen LogP contribution in [0.3, 0.4) is 0 Å². The number of nitriles is 2. The summed E-state index contributed by atoms with van der Waals surface area (Å²) in [6.07, 6.45) is 5.88. The highest BCUT2D eigenvalue weighted by molar-refractivity contribution is 5.82. The molecule has 4 aromatic heterocycles. The van der Waals surface area contributed by atoms with Crippen molar-refractivity contribution in [2.75, 3.05) is 0 Å². The van der Waals surface area contributed by atoms with Gasteiger partial charge in [-0.25, -0.2) is 9.97 Å². The van der Waals surface area contributed by atoms with Gasteiger partial charge in [0.25, 0.3) is 0 Å². The van der Waals surface area contributed by atoms with Crippen LogP contribution in [0.5, 0.6) is 0 Å². The molecule has 0 unspecified atom stereocenters. The summed E-state index contributed by atoms with van der Waals surface area (Å²) >= 11 is 0.